The van der Waals surface area contributed by atoms with Crippen LogP contribution in [-0.2, 0) is 4.79 Å². The third kappa shape index (κ3) is 2.96. The third-order valence-corrected chi connectivity index (χ3v) is 7.07. The van der Waals surface area contributed by atoms with Crippen molar-refractivity contribution in [2.24, 2.45) is 28.6 Å². The summed E-state index contributed by atoms with van der Waals surface area (Å²) in [6, 6.07) is 0. The molecule has 3 aliphatic rings. The number of hydrogen-bond acceptors (Lipinski definition) is 1. The average molecular weight is 511 g/mol. The van der Waals surface area contributed by atoms with E-state index >= 15 is 0 Å². The first-order valence-corrected chi connectivity index (χ1v) is 8.93. The minimum atomic E-state index is -0.588. The molecule has 0 saturated heterocycles. The van der Waals surface area contributed by atoms with Crippen LogP contribution in [0.15, 0.2) is 23.3 Å². The number of allylic oxidation sites excluding steroid dienone is 4. The van der Waals surface area contributed by atoms with E-state index in [1.165, 1.54) is 24.8 Å². The van der Waals surface area contributed by atoms with Gasteiger partial charge in [-0.3, -0.25) is 4.79 Å². The van der Waals surface area contributed by atoms with Crippen LogP contribution in [0.2, 0.25) is 0 Å². The second kappa shape index (κ2) is 6.62. The normalized spacial score (nSPS) is 39.5. The molecule has 3 rings (SSSR count). The van der Waals surface area contributed by atoms with Gasteiger partial charge in [0.15, 0.2) is 0 Å². The van der Waals surface area contributed by atoms with E-state index in [-0.39, 0.29) is 37.5 Å². The summed E-state index contributed by atoms with van der Waals surface area (Å²) in [4.78, 5) is 11.9. The predicted molar refractivity (Wildman–Crippen MR) is 95.3 cm³/mol. The summed E-state index contributed by atoms with van der Waals surface area (Å²) >= 11 is 0. The van der Waals surface area contributed by atoms with Crippen LogP contribution in [0.3, 0.4) is 0 Å². The quantitative estimate of drug-likeness (QED) is 0.540. The fourth-order valence-corrected chi connectivity index (χ4v) is 5.60. The van der Waals surface area contributed by atoms with Crippen molar-refractivity contribution in [2.75, 3.05) is 0 Å². The van der Waals surface area contributed by atoms with E-state index in [9.17, 15) is 9.90 Å². The molecule has 23 heavy (non-hydrogen) atoms. The molecule has 124 valence electrons. The van der Waals surface area contributed by atoms with Crippen LogP contribution in [0.25, 0.3) is 0 Å². The summed E-state index contributed by atoms with van der Waals surface area (Å²) in [7, 11) is 0. The van der Waals surface area contributed by atoms with Gasteiger partial charge in [0.25, 0.3) is 0 Å². The number of fused-ring (bicyclic) bond motifs is 3. The van der Waals surface area contributed by atoms with Crippen LogP contribution >= 0.6 is 0 Å². The Kier molecular flexibility index (Phi) is 5.52. The third-order valence-electron chi connectivity index (χ3n) is 7.07. The van der Waals surface area contributed by atoms with Gasteiger partial charge < -0.3 is 5.11 Å². The van der Waals surface area contributed by atoms with Gasteiger partial charge in [-0.1, -0.05) is 44.9 Å². The summed E-state index contributed by atoms with van der Waals surface area (Å²) < 4.78 is 0. The van der Waals surface area contributed by atoms with Crippen molar-refractivity contribution in [1.29, 1.82) is 0 Å². The molecule has 0 aromatic rings. The van der Waals surface area contributed by atoms with Crippen LogP contribution in [0.5, 0.6) is 0 Å². The van der Waals surface area contributed by atoms with Crippen LogP contribution in [0.1, 0.15) is 66.2 Å². The first-order valence-electron chi connectivity index (χ1n) is 8.93. The minimum absolute atomic E-state index is 0. The first-order chi connectivity index (χ1) is 10.3. The maximum Gasteiger partial charge on any atom is 3.00 e. The summed E-state index contributed by atoms with van der Waals surface area (Å²) in [6.45, 7) is 8.93. The molecule has 1 fully saturated rings. The smallest absolute Gasteiger partial charge is 0.481 e. The summed E-state index contributed by atoms with van der Waals surface area (Å²) in [5, 5.41) is 9.83. The number of carboxylic acids is 1. The molecule has 0 spiro atoms. The SMILES string of the molecule is CC(C)C1=CC2=CC[C@@H]3[C@](C)(CCC[C@]3(C)C(=O)O)[C@H]2CC1.[Bi+3]. The maximum atomic E-state index is 11.9. The zero-order valence-corrected chi connectivity index (χ0v) is 18.4. The second-order valence-corrected chi connectivity index (χ2v) is 8.54. The van der Waals surface area contributed by atoms with Gasteiger partial charge in [-0.25, -0.2) is 0 Å². The molecule has 0 aliphatic heterocycles. The van der Waals surface area contributed by atoms with E-state index in [1.807, 2.05) is 6.92 Å². The van der Waals surface area contributed by atoms with Crippen LogP contribution < -0.4 is 0 Å². The summed E-state index contributed by atoms with van der Waals surface area (Å²) in [5.74, 6) is 0.888. The molecule has 0 amide bonds. The molecule has 0 aromatic carbocycles. The summed E-state index contributed by atoms with van der Waals surface area (Å²) in [6.07, 6.45) is 11.2. The van der Waals surface area contributed by atoms with Crippen molar-refractivity contribution in [3.05, 3.63) is 23.3 Å². The number of carboxylic acid groups (broad SMARTS) is 1. The van der Waals surface area contributed by atoms with Crippen molar-refractivity contribution < 1.29 is 9.90 Å². The van der Waals surface area contributed by atoms with Crippen molar-refractivity contribution in [3.63, 3.8) is 0 Å². The van der Waals surface area contributed by atoms with E-state index in [0.29, 0.717) is 11.8 Å². The van der Waals surface area contributed by atoms with Gasteiger partial charge in [-0.05, 0) is 67.8 Å². The number of carbonyl (C=O) groups is 1. The van der Waals surface area contributed by atoms with E-state index < -0.39 is 11.4 Å². The zero-order chi connectivity index (χ0) is 16.1. The Morgan fingerprint density at radius 3 is 2.61 bits per heavy atom. The van der Waals surface area contributed by atoms with Gasteiger partial charge in [0, 0.05) is 0 Å². The van der Waals surface area contributed by atoms with Crippen molar-refractivity contribution >= 4 is 32.2 Å². The molecule has 3 heteroatoms. The van der Waals surface area contributed by atoms with Gasteiger partial charge in [-0.2, -0.15) is 0 Å². The zero-order valence-electron chi connectivity index (χ0n) is 14.9. The molecule has 0 unspecified atom stereocenters. The van der Waals surface area contributed by atoms with Crippen molar-refractivity contribution in [2.45, 2.75) is 66.2 Å². The monoisotopic (exact) mass is 511 g/mol. The van der Waals surface area contributed by atoms with Crippen LogP contribution in [0.4, 0.5) is 0 Å². The Balaban J connectivity index is 0.00000192. The van der Waals surface area contributed by atoms with E-state index in [1.54, 1.807) is 5.57 Å². The molecule has 3 aliphatic carbocycles. The Morgan fingerprint density at radius 2 is 2.00 bits per heavy atom. The molecule has 0 bridgehead atoms. The fraction of sp³-hybridized carbons (Fsp3) is 0.750. The number of hydrogen-bond donors (Lipinski definition) is 1. The molecule has 0 aromatic heterocycles. The van der Waals surface area contributed by atoms with Crippen LogP contribution in [0, 0.1) is 28.6 Å². The largest absolute Gasteiger partial charge is 3.00 e. The topological polar surface area (TPSA) is 37.3 Å². The Labute approximate surface area is 159 Å². The van der Waals surface area contributed by atoms with Gasteiger partial charge >= 0.3 is 32.2 Å². The minimum Gasteiger partial charge on any atom is -0.481 e. The molecule has 2 nitrogen and oxygen atoms in total. The molecule has 1 N–H and O–H groups in total. The van der Waals surface area contributed by atoms with Gasteiger partial charge in [0.05, 0.1) is 5.41 Å². The number of rotatable bonds is 2. The molecular weight excluding hydrogens is 481 g/mol. The summed E-state index contributed by atoms with van der Waals surface area (Å²) in [5.41, 5.74) is 2.69. The van der Waals surface area contributed by atoms with Crippen molar-refractivity contribution in [1.82, 2.24) is 0 Å². The van der Waals surface area contributed by atoms with Gasteiger partial charge in [0.2, 0.25) is 0 Å². The Morgan fingerprint density at radius 1 is 1.30 bits per heavy atom. The molecule has 2 radical (unpaired) electrons. The molecular formula is C20H30BiO2+3. The van der Waals surface area contributed by atoms with E-state index in [4.69, 9.17) is 0 Å². The van der Waals surface area contributed by atoms with Gasteiger partial charge in [0.1, 0.15) is 0 Å². The predicted octanol–water partition coefficient (Wildman–Crippen LogP) is 4.83. The fourth-order valence-electron chi connectivity index (χ4n) is 5.60. The Bertz CT molecular complexity index is 548. The number of aliphatic carboxylic acids is 1. The molecule has 0 heterocycles. The second-order valence-electron chi connectivity index (χ2n) is 8.54. The van der Waals surface area contributed by atoms with Gasteiger partial charge in [-0.15, -0.1) is 0 Å². The molecule has 1 saturated carbocycles. The van der Waals surface area contributed by atoms with Crippen molar-refractivity contribution in [3.8, 4) is 0 Å². The average Bonchev–Trinajstić information content (AvgIpc) is 2.46. The van der Waals surface area contributed by atoms with E-state index in [0.717, 1.165) is 19.3 Å². The van der Waals surface area contributed by atoms with Crippen LogP contribution in [-0.4, -0.2) is 37.3 Å². The maximum absolute atomic E-state index is 11.9. The first kappa shape index (κ1) is 19.2. The Hall–Kier alpha value is -0.167. The van der Waals surface area contributed by atoms with E-state index in [2.05, 4.69) is 32.9 Å². The standard InChI is InChI=1S/C20H30O2.Bi/c1-13(2)14-6-8-16-15(12-14)7-9-17-19(16,3)10-5-11-20(17,4)18(21)22;/h7,12-13,16-17H,5-6,8-11H2,1-4H3,(H,21,22);/q;+3/t16-,17+,19+,20-;/m0./s1. The molecule has 4 atom stereocenters.